The summed E-state index contributed by atoms with van der Waals surface area (Å²) in [5.41, 5.74) is 2.21. The Morgan fingerprint density at radius 3 is 2.47 bits per heavy atom. The van der Waals surface area contributed by atoms with Crippen molar-refractivity contribution in [2.24, 2.45) is 0 Å². The summed E-state index contributed by atoms with van der Waals surface area (Å²) in [5, 5.41) is 15.0. The van der Waals surface area contributed by atoms with Crippen molar-refractivity contribution in [2.75, 3.05) is 43.4 Å². The van der Waals surface area contributed by atoms with Crippen LogP contribution in [-0.2, 0) is 27.1 Å². The molecule has 62 heavy (non-hydrogen) atoms. The van der Waals surface area contributed by atoms with Crippen molar-refractivity contribution in [2.45, 2.75) is 44.9 Å². The number of hydrogen-bond donors (Lipinski definition) is 4. The number of anilines is 2. The monoisotopic (exact) mass is 845 g/mol. The molecular formula is C44H38F3N9O6. The summed E-state index contributed by atoms with van der Waals surface area (Å²) in [7, 11) is 0. The quantitative estimate of drug-likeness (QED) is 0.122. The lowest BCUT2D eigenvalue weighted by Gasteiger charge is -2.35. The number of fused-ring (bicyclic) bond motifs is 2. The van der Waals surface area contributed by atoms with Gasteiger partial charge in [-0.3, -0.25) is 49.0 Å². The molecule has 3 aliphatic heterocycles. The van der Waals surface area contributed by atoms with Crippen molar-refractivity contribution in [1.82, 2.24) is 35.2 Å². The fourth-order valence-corrected chi connectivity index (χ4v) is 7.70. The third-order valence-electron chi connectivity index (χ3n) is 11.1. The molecule has 0 radical (unpaired) electrons. The van der Waals surface area contributed by atoms with E-state index in [9.17, 15) is 41.9 Å². The van der Waals surface area contributed by atoms with Gasteiger partial charge >= 0.3 is 6.18 Å². The number of imide groups is 2. The summed E-state index contributed by atoms with van der Waals surface area (Å²) >= 11 is 0. The van der Waals surface area contributed by atoms with Gasteiger partial charge in [-0.25, -0.2) is 4.98 Å². The fraction of sp³-hybridized carbons (Fsp3) is 0.273. The lowest BCUT2D eigenvalue weighted by molar-refractivity contribution is -0.138. The molecule has 0 spiro atoms. The number of aromatic nitrogens is 3. The first-order valence-corrected chi connectivity index (χ1v) is 19.7. The highest BCUT2D eigenvalue weighted by Gasteiger charge is 2.46. The Morgan fingerprint density at radius 1 is 0.903 bits per heavy atom. The number of aromatic amines is 1. The molecule has 1 atom stereocenters. The van der Waals surface area contributed by atoms with E-state index in [0.29, 0.717) is 49.5 Å². The molecule has 0 aliphatic carbocycles. The summed E-state index contributed by atoms with van der Waals surface area (Å²) in [6, 6.07) is 13.8. The van der Waals surface area contributed by atoms with Gasteiger partial charge in [0, 0.05) is 86.1 Å². The number of alkyl halides is 3. The number of halogens is 3. The summed E-state index contributed by atoms with van der Waals surface area (Å²) in [5.74, 6) is 2.43. The number of carbonyl (C=O) groups is 6. The summed E-state index contributed by atoms with van der Waals surface area (Å²) in [6.07, 6.45) is -1.44. The van der Waals surface area contributed by atoms with E-state index in [0.717, 1.165) is 21.9 Å². The molecule has 2 aromatic heterocycles. The van der Waals surface area contributed by atoms with Crippen LogP contribution in [0, 0.1) is 18.8 Å². The number of H-pyrrole nitrogens is 1. The third kappa shape index (κ3) is 8.80. The zero-order valence-corrected chi connectivity index (χ0v) is 33.2. The maximum Gasteiger partial charge on any atom is 0.416 e. The Kier molecular flexibility index (Phi) is 11.4. The smallest absolute Gasteiger partial charge is 0.325 e. The minimum atomic E-state index is -4.69. The van der Waals surface area contributed by atoms with Gasteiger partial charge in [0.1, 0.15) is 6.04 Å². The van der Waals surface area contributed by atoms with E-state index in [-0.39, 0.29) is 59.4 Å². The number of aryl methyl sites for hydroxylation is 1. The number of nitrogens with one attached hydrogen (secondary N) is 4. The minimum Gasteiger partial charge on any atom is -0.325 e. The molecule has 5 aromatic rings. The van der Waals surface area contributed by atoms with Gasteiger partial charge in [-0.2, -0.15) is 18.3 Å². The Morgan fingerprint density at radius 2 is 1.69 bits per heavy atom. The van der Waals surface area contributed by atoms with Crippen molar-refractivity contribution in [1.29, 1.82) is 0 Å². The number of piperidine rings is 1. The molecule has 15 nitrogen and oxygen atoms in total. The zero-order valence-electron chi connectivity index (χ0n) is 33.2. The molecule has 316 valence electrons. The SMILES string of the molecule is Cc1ccc(C(=O)Nc2ccc(CN3CCN(CCC(=O)Nc4cccc5c4C(=O)N(C4CCC(=O)NC4=O)C5=O)CC3)c(C(F)(F)F)c2)cc1C#Cc1cnc2[nH]ncc2c1. The fourth-order valence-electron chi connectivity index (χ4n) is 7.70. The van der Waals surface area contributed by atoms with E-state index in [1.807, 2.05) is 22.8 Å². The van der Waals surface area contributed by atoms with Crippen molar-refractivity contribution in [3.63, 3.8) is 0 Å². The number of piperazine rings is 1. The van der Waals surface area contributed by atoms with Crippen LogP contribution in [0.5, 0.6) is 0 Å². The lowest BCUT2D eigenvalue weighted by Crippen LogP contribution is -2.54. The molecule has 1 unspecified atom stereocenters. The second-order valence-electron chi connectivity index (χ2n) is 15.2. The van der Waals surface area contributed by atoms with Gasteiger partial charge in [-0.1, -0.05) is 30.0 Å². The lowest BCUT2D eigenvalue weighted by atomic mass is 10.0. The first-order valence-electron chi connectivity index (χ1n) is 19.7. The maximum atomic E-state index is 14.4. The predicted molar refractivity (Wildman–Crippen MR) is 219 cm³/mol. The number of carbonyl (C=O) groups excluding carboxylic acids is 6. The van der Waals surface area contributed by atoms with Crippen LogP contribution >= 0.6 is 0 Å². The average molecular weight is 846 g/mol. The Balaban J connectivity index is 0.845. The standard InChI is InChI=1S/C44H38F3N9O6/c1-25-5-7-28(20-27(25)8-6-26-19-30-23-49-53-39(30)48-22-26)40(59)50-31-10-9-29(33(21-31)44(45,46)47)24-55-17-15-54(16-18-55)14-13-37(58)51-34-4-2-3-32-38(34)43(62)56(42(32)61)35-11-12-36(57)52-41(35)60/h2-5,7,9-10,19-23,35H,11-18,24H2,1H3,(H,50,59)(H,51,58)(H,48,49,53)(H,52,57,60). The van der Waals surface area contributed by atoms with E-state index in [1.54, 1.807) is 30.6 Å². The number of nitrogens with zero attached hydrogens (tertiary/aromatic N) is 5. The van der Waals surface area contributed by atoms with Crippen LogP contribution in [0.25, 0.3) is 11.0 Å². The molecule has 0 bridgehead atoms. The Hall–Kier alpha value is -7.23. The van der Waals surface area contributed by atoms with Crippen molar-refractivity contribution in [3.8, 4) is 11.8 Å². The second kappa shape index (κ2) is 17.0. The third-order valence-corrected chi connectivity index (χ3v) is 11.1. The highest BCUT2D eigenvalue weighted by molar-refractivity contribution is 6.26. The van der Waals surface area contributed by atoms with Crippen LogP contribution in [0.3, 0.4) is 0 Å². The van der Waals surface area contributed by atoms with Crippen LogP contribution in [-0.4, -0.2) is 104 Å². The number of rotatable bonds is 9. The number of benzene rings is 3. The summed E-state index contributed by atoms with van der Waals surface area (Å²) in [4.78, 5) is 85.9. The average Bonchev–Trinajstić information content (AvgIpc) is 3.82. The molecule has 6 amide bonds. The second-order valence-corrected chi connectivity index (χ2v) is 15.2. The molecule has 2 saturated heterocycles. The molecule has 2 fully saturated rings. The zero-order chi connectivity index (χ0) is 43.7. The van der Waals surface area contributed by atoms with Gasteiger partial charge in [0.25, 0.3) is 17.7 Å². The van der Waals surface area contributed by atoms with Crippen LogP contribution in [0.4, 0.5) is 24.5 Å². The van der Waals surface area contributed by atoms with E-state index in [4.69, 9.17) is 0 Å². The summed E-state index contributed by atoms with van der Waals surface area (Å²) in [6.45, 7) is 4.02. The van der Waals surface area contributed by atoms with Crippen LogP contribution < -0.4 is 16.0 Å². The molecule has 3 aromatic carbocycles. The number of hydrogen-bond acceptors (Lipinski definition) is 10. The Bertz CT molecular complexity index is 2730. The van der Waals surface area contributed by atoms with Gasteiger partial charge in [0.15, 0.2) is 5.65 Å². The van der Waals surface area contributed by atoms with Gasteiger partial charge < -0.3 is 15.5 Å². The molecular weight excluding hydrogens is 808 g/mol. The van der Waals surface area contributed by atoms with E-state index in [1.165, 1.54) is 30.3 Å². The van der Waals surface area contributed by atoms with Gasteiger partial charge in [0.05, 0.1) is 28.6 Å². The predicted octanol–water partition coefficient (Wildman–Crippen LogP) is 4.48. The minimum absolute atomic E-state index is 0.0000856. The van der Waals surface area contributed by atoms with Crippen molar-refractivity contribution >= 4 is 57.9 Å². The van der Waals surface area contributed by atoms with Crippen molar-refractivity contribution in [3.05, 3.63) is 118 Å². The Labute approximate surface area is 352 Å². The van der Waals surface area contributed by atoms with E-state index in [2.05, 4.69) is 43.0 Å². The molecule has 5 heterocycles. The number of amides is 6. The van der Waals surface area contributed by atoms with Crippen LogP contribution in [0.2, 0.25) is 0 Å². The maximum absolute atomic E-state index is 14.4. The van der Waals surface area contributed by atoms with Gasteiger partial charge in [-0.15, -0.1) is 0 Å². The highest BCUT2D eigenvalue weighted by Crippen LogP contribution is 2.35. The molecule has 18 heteroatoms. The number of pyridine rings is 1. The topological polar surface area (TPSA) is 190 Å². The first-order chi connectivity index (χ1) is 29.7. The first kappa shape index (κ1) is 41.5. The van der Waals surface area contributed by atoms with E-state index >= 15 is 0 Å². The molecule has 0 saturated carbocycles. The summed E-state index contributed by atoms with van der Waals surface area (Å²) < 4.78 is 43.2. The molecule has 3 aliphatic rings. The largest absolute Gasteiger partial charge is 0.416 e. The van der Waals surface area contributed by atoms with Crippen LogP contribution in [0.15, 0.2) is 73.1 Å². The molecule has 4 N–H and O–H groups in total. The van der Waals surface area contributed by atoms with Gasteiger partial charge in [0.2, 0.25) is 17.7 Å². The van der Waals surface area contributed by atoms with Crippen molar-refractivity contribution < 1.29 is 41.9 Å². The normalized spacial score (nSPS) is 17.1. The van der Waals surface area contributed by atoms with E-state index < -0.39 is 53.2 Å². The highest BCUT2D eigenvalue weighted by atomic mass is 19.4. The van der Waals surface area contributed by atoms with Gasteiger partial charge in [-0.05, 0) is 66.9 Å². The molecule has 8 rings (SSSR count). The van der Waals surface area contributed by atoms with Crippen LogP contribution in [0.1, 0.15) is 78.2 Å².